The van der Waals surface area contributed by atoms with Crippen molar-refractivity contribution in [2.45, 2.75) is 31.0 Å². The Bertz CT molecular complexity index is 716. The lowest BCUT2D eigenvalue weighted by molar-refractivity contribution is -0.174. The average Bonchev–Trinajstić information content (AvgIpc) is 2.84. The number of aromatic nitrogens is 2. The van der Waals surface area contributed by atoms with Crippen LogP contribution in [0.15, 0.2) is 15.8 Å². The Balaban J connectivity index is 2.22. The third-order valence-corrected chi connectivity index (χ3v) is 3.99. The first-order chi connectivity index (χ1) is 10.6. The summed E-state index contributed by atoms with van der Waals surface area (Å²) in [5.74, 6) is -2.16. The minimum absolute atomic E-state index is 0.172. The molecule has 1 unspecified atom stereocenters. The van der Waals surface area contributed by atoms with Crippen LogP contribution in [0.2, 0.25) is 0 Å². The second-order valence-corrected chi connectivity index (χ2v) is 5.93. The monoisotopic (exact) mass is 449 g/mol. The molecule has 3 N–H and O–H groups in total. The standard InChI is InChI=1S/C11H11F3IN3O5/c12-11(13,14)9(21)16-5-1-7(23-6(5)3-19)18-2-4(15)8(20)17-10(18)22/h2,5-7,19H,1,3H2,(H,16,21)(H,17,20,22)/t5?,6-,7-/m0/s1. The van der Waals surface area contributed by atoms with E-state index in [-0.39, 0.29) is 9.99 Å². The zero-order valence-electron chi connectivity index (χ0n) is 11.3. The summed E-state index contributed by atoms with van der Waals surface area (Å²) in [6.45, 7) is -0.644. The fraction of sp³-hybridized carbons (Fsp3) is 0.545. The minimum Gasteiger partial charge on any atom is -0.394 e. The predicted octanol–water partition coefficient (Wildman–Crippen LogP) is -0.532. The van der Waals surface area contributed by atoms with Crippen molar-refractivity contribution in [3.63, 3.8) is 0 Å². The number of aliphatic hydroxyl groups is 1. The number of ether oxygens (including phenoxy) is 1. The number of nitrogens with zero attached hydrogens (tertiary/aromatic N) is 1. The molecule has 0 spiro atoms. The van der Waals surface area contributed by atoms with Gasteiger partial charge in [-0.05, 0) is 22.6 Å². The largest absolute Gasteiger partial charge is 0.471 e. The number of nitrogens with one attached hydrogen (secondary N) is 2. The van der Waals surface area contributed by atoms with E-state index in [0.29, 0.717) is 0 Å². The number of hydrogen-bond acceptors (Lipinski definition) is 5. The molecule has 8 nitrogen and oxygen atoms in total. The zero-order chi connectivity index (χ0) is 17.4. The summed E-state index contributed by atoms with van der Waals surface area (Å²) in [4.78, 5) is 36.1. The second-order valence-electron chi connectivity index (χ2n) is 4.77. The van der Waals surface area contributed by atoms with Crippen molar-refractivity contribution in [3.05, 3.63) is 30.6 Å². The number of carbonyl (C=O) groups is 1. The van der Waals surface area contributed by atoms with Gasteiger partial charge in [0.25, 0.3) is 5.56 Å². The Labute approximate surface area is 139 Å². The maximum absolute atomic E-state index is 12.3. The first-order valence-electron chi connectivity index (χ1n) is 6.28. The van der Waals surface area contributed by atoms with Crippen molar-refractivity contribution in [1.82, 2.24) is 14.9 Å². The fourth-order valence-electron chi connectivity index (χ4n) is 2.15. The number of halogens is 4. The van der Waals surface area contributed by atoms with Crippen molar-refractivity contribution in [2.75, 3.05) is 6.61 Å². The van der Waals surface area contributed by atoms with Gasteiger partial charge >= 0.3 is 17.8 Å². The molecule has 0 bridgehead atoms. The van der Waals surface area contributed by atoms with Crippen LogP contribution in [0.3, 0.4) is 0 Å². The summed E-state index contributed by atoms with van der Waals surface area (Å²) in [5.41, 5.74) is -1.41. The Morgan fingerprint density at radius 2 is 2.17 bits per heavy atom. The topological polar surface area (TPSA) is 113 Å². The Morgan fingerprint density at radius 1 is 1.52 bits per heavy atom. The molecule has 0 radical (unpaired) electrons. The van der Waals surface area contributed by atoms with E-state index in [4.69, 9.17) is 4.74 Å². The van der Waals surface area contributed by atoms with Gasteiger partial charge in [-0.25, -0.2) is 4.79 Å². The van der Waals surface area contributed by atoms with Crippen LogP contribution in [-0.2, 0) is 9.53 Å². The van der Waals surface area contributed by atoms with Crippen LogP contribution in [0.1, 0.15) is 12.6 Å². The first-order valence-corrected chi connectivity index (χ1v) is 7.36. The van der Waals surface area contributed by atoms with E-state index in [0.717, 1.165) is 4.57 Å². The number of rotatable bonds is 3. The van der Waals surface area contributed by atoms with Crippen molar-refractivity contribution in [1.29, 1.82) is 0 Å². The molecule has 1 saturated heterocycles. The maximum Gasteiger partial charge on any atom is 0.471 e. The lowest BCUT2D eigenvalue weighted by Gasteiger charge is -2.18. The van der Waals surface area contributed by atoms with Gasteiger partial charge in [-0.15, -0.1) is 0 Å². The first kappa shape index (κ1) is 17.9. The van der Waals surface area contributed by atoms with Crippen molar-refractivity contribution in [3.8, 4) is 0 Å². The third kappa shape index (κ3) is 3.92. The van der Waals surface area contributed by atoms with Gasteiger partial charge in [0.05, 0.1) is 16.2 Å². The van der Waals surface area contributed by atoms with Crippen LogP contribution in [0.5, 0.6) is 0 Å². The van der Waals surface area contributed by atoms with Crippen molar-refractivity contribution in [2.24, 2.45) is 0 Å². The maximum atomic E-state index is 12.3. The van der Waals surface area contributed by atoms with Gasteiger partial charge in [0.15, 0.2) is 0 Å². The normalized spacial score (nSPS) is 24.7. The summed E-state index contributed by atoms with van der Waals surface area (Å²) in [5, 5.41) is 10.9. The molecule has 1 fully saturated rings. The second kappa shape index (κ2) is 6.60. The van der Waals surface area contributed by atoms with Gasteiger partial charge < -0.3 is 15.2 Å². The number of alkyl halides is 3. The Kier molecular flexibility index (Phi) is 5.15. The molecule has 23 heavy (non-hydrogen) atoms. The number of hydrogen-bond donors (Lipinski definition) is 3. The molecule has 1 aromatic heterocycles. The molecular formula is C11H11F3IN3O5. The van der Waals surface area contributed by atoms with E-state index in [1.54, 1.807) is 27.9 Å². The summed E-state index contributed by atoms with van der Waals surface area (Å²) >= 11 is 1.68. The summed E-state index contributed by atoms with van der Waals surface area (Å²) in [6.07, 6.45) is -6.18. The van der Waals surface area contributed by atoms with Gasteiger partial charge in [0.1, 0.15) is 12.3 Å². The van der Waals surface area contributed by atoms with Crippen molar-refractivity contribution < 1.29 is 27.8 Å². The number of amides is 1. The van der Waals surface area contributed by atoms with Gasteiger partial charge in [0, 0.05) is 12.6 Å². The number of carbonyl (C=O) groups excluding carboxylic acids is 1. The SMILES string of the molecule is O=C(NC1C[C@@H](n2cc(I)c(=O)[nH]c2=O)O[C@H]1CO)C(F)(F)F. The Morgan fingerprint density at radius 3 is 2.74 bits per heavy atom. The van der Waals surface area contributed by atoms with Gasteiger partial charge in [-0.3, -0.25) is 19.1 Å². The highest BCUT2D eigenvalue weighted by Gasteiger charge is 2.44. The van der Waals surface area contributed by atoms with Crippen LogP contribution >= 0.6 is 22.6 Å². The van der Waals surface area contributed by atoms with E-state index in [1.807, 2.05) is 4.98 Å². The number of aliphatic hydroxyl groups excluding tert-OH is 1. The predicted molar refractivity (Wildman–Crippen MR) is 77.6 cm³/mol. The molecule has 1 aromatic rings. The van der Waals surface area contributed by atoms with Crippen LogP contribution < -0.4 is 16.6 Å². The van der Waals surface area contributed by atoms with Crippen LogP contribution in [0.4, 0.5) is 13.2 Å². The van der Waals surface area contributed by atoms with E-state index in [9.17, 15) is 32.7 Å². The smallest absolute Gasteiger partial charge is 0.394 e. The Hall–Kier alpha value is -1.41. The molecule has 1 aliphatic rings. The molecule has 2 heterocycles. The summed E-state index contributed by atoms with van der Waals surface area (Å²) < 4.78 is 43.4. The van der Waals surface area contributed by atoms with Gasteiger partial charge in [-0.1, -0.05) is 0 Å². The molecule has 1 amide bonds. The molecule has 12 heteroatoms. The number of aromatic amines is 1. The molecule has 0 aromatic carbocycles. The lowest BCUT2D eigenvalue weighted by atomic mass is 10.1. The van der Waals surface area contributed by atoms with Gasteiger partial charge in [0.2, 0.25) is 0 Å². The van der Waals surface area contributed by atoms with E-state index >= 15 is 0 Å². The molecule has 0 saturated carbocycles. The quantitative estimate of drug-likeness (QED) is 0.538. The molecule has 1 aliphatic heterocycles. The molecule has 3 atom stereocenters. The average molecular weight is 449 g/mol. The fourth-order valence-corrected chi connectivity index (χ4v) is 2.58. The summed E-state index contributed by atoms with van der Waals surface area (Å²) in [6, 6.07) is -1.13. The van der Waals surface area contributed by atoms with Crippen LogP contribution in [0, 0.1) is 3.57 Å². The highest BCUT2D eigenvalue weighted by atomic mass is 127. The lowest BCUT2D eigenvalue weighted by Crippen LogP contribution is -2.47. The van der Waals surface area contributed by atoms with Crippen molar-refractivity contribution >= 4 is 28.5 Å². The molecular weight excluding hydrogens is 438 g/mol. The van der Waals surface area contributed by atoms with Gasteiger partial charge in [-0.2, -0.15) is 13.2 Å². The zero-order valence-corrected chi connectivity index (χ0v) is 13.4. The molecule has 128 valence electrons. The highest BCUT2D eigenvalue weighted by molar-refractivity contribution is 14.1. The summed E-state index contributed by atoms with van der Waals surface area (Å²) in [7, 11) is 0. The molecule has 2 rings (SSSR count). The minimum atomic E-state index is -5.07. The number of H-pyrrole nitrogens is 1. The van der Waals surface area contributed by atoms with E-state index in [2.05, 4.69) is 0 Å². The van der Waals surface area contributed by atoms with Crippen LogP contribution in [-0.4, -0.2) is 45.5 Å². The highest BCUT2D eigenvalue weighted by Crippen LogP contribution is 2.28. The van der Waals surface area contributed by atoms with E-state index < -0.39 is 48.3 Å². The molecule has 0 aliphatic carbocycles. The third-order valence-electron chi connectivity index (χ3n) is 3.22. The van der Waals surface area contributed by atoms with Crippen LogP contribution in [0.25, 0.3) is 0 Å². The van der Waals surface area contributed by atoms with E-state index in [1.165, 1.54) is 6.20 Å².